The van der Waals surface area contributed by atoms with Crippen LogP contribution in [0, 0.1) is 6.92 Å². The van der Waals surface area contributed by atoms with Gasteiger partial charge >= 0.3 is 0 Å². The first kappa shape index (κ1) is 15.5. The highest BCUT2D eigenvalue weighted by atomic mass is 35.5. The van der Waals surface area contributed by atoms with E-state index in [0.717, 1.165) is 23.4 Å². The zero-order valence-electron chi connectivity index (χ0n) is 11.8. The minimum Gasteiger partial charge on any atom is -0.455 e. The summed E-state index contributed by atoms with van der Waals surface area (Å²) >= 11 is 11.0. The van der Waals surface area contributed by atoms with E-state index in [1.54, 1.807) is 6.21 Å². The first-order chi connectivity index (χ1) is 10.1. The SMILES string of the molecule is CCNC(=S)NN=Cc1ccc(-c2cc(Cl)ccc2C)o1. The Bertz CT molecular complexity index is 667. The molecule has 0 unspecified atom stereocenters. The van der Waals surface area contributed by atoms with E-state index < -0.39 is 0 Å². The second-order valence-corrected chi connectivity index (χ2v) is 5.24. The Kier molecular flexibility index (Phi) is 5.36. The number of hydrazone groups is 1. The van der Waals surface area contributed by atoms with Gasteiger partial charge in [0.1, 0.15) is 11.5 Å². The molecule has 2 rings (SSSR count). The van der Waals surface area contributed by atoms with Crippen molar-refractivity contribution < 1.29 is 4.42 Å². The van der Waals surface area contributed by atoms with E-state index in [2.05, 4.69) is 15.8 Å². The predicted octanol–water partition coefficient (Wildman–Crippen LogP) is 3.73. The quantitative estimate of drug-likeness (QED) is 0.512. The molecule has 0 saturated carbocycles. The summed E-state index contributed by atoms with van der Waals surface area (Å²) in [4.78, 5) is 0. The Morgan fingerprint density at radius 3 is 2.95 bits per heavy atom. The molecule has 1 aromatic carbocycles. The molecule has 0 fully saturated rings. The van der Waals surface area contributed by atoms with Crippen molar-refractivity contribution in [3.8, 4) is 11.3 Å². The first-order valence-corrected chi connectivity index (χ1v) is 7.32. The third kappa shape index (κ3) is 4.31. The van der Waals surface area contributed by atoms with Gasteiger partial charge in [-0.05, 0) is 55.9 Å². The van der Waals surface area contributed by atoms with Crippen molar-refractivity contribution in [2.75, 3.05) is 6.54 Å². The Morgan fingerprint density at radius 2 is 2.19 bits per heavy atom. The standard InChI is InChI=1S/C15H16ClN3OS/c1-3-17-15(21)19-18-9-12-6-7-14(20-12)13-8-11(16)5-4-10(13)2/h4-9H,3H2,1-2H3,(H2,17,19,21). The highest BCUT2D eigenvalue weighted by molar-refractivity contribution is 7.80. The lowest BCUT2D eigenvalue weighted by Gasteiger charge is -2.03. The molecule has 2 N–H and O–H groups in total. The van der Waals surface area contributed by atoms with Crippen molar-refractivity contribution in [2.45, 2.75) is 13.8 Å². The van der Waals surface area contributed by atoms with Crippen LogP contribution in [0.25, 0.3) is 11.3 Å². The Morgan fingerprint density at radius 1 is 1.38 bits per heavy atom. The van der Waals surface area contributed by atoms with Crippen molar-refractivity contribution in [2.24, 2.45) is 5.10 Å². The molecule has 2 aromatic rings. The minimum atomic E-state index is 0.478. The normalized spacial score (nSPS) is 10.8. The van der Waals surface area contributed by atoms with Gasteiger partial charge in [0, 0.05) is 17.1 Å². The topological polar surface area (TPSA) is 49.6 Å². The van der Waals surface area contributed by atoms with Gasteiger partial charge in [0.15, 0.2) is 5.11 Å². The van der Waals surface area contributed by atoms with Crippen molar-refractivity contribution >= 4 is 35.1 Å². The zero-order valence-corrected chi connectivity index (χ0v) is 13.4. The molecule has 0 saturated heterocycles. The summed E-state index contributed by atoms with van der Waals surface area (Å²) in [6.07, 6.45) is 1.58. The fourth-order valence-corrected chi connectivity index (χ4v) is 2.15. The number of aryl methyl sites for hydroxylation is 1. The number of halogens is 1. The fourth-order valence-electron chi connectivity index (χ4n) is 1.78. The van der Waals surface area contributed by atoms with Crippen LogP contribution >= 0.6 is 23.8 Å². The summed E-state index contributed by atoms with van der Waals surface area (Å²) in [5.41, 5.74) is 4.78. The van der Waals surface area contributed by atoms with E-state index in [1.165, 1.54) is 0 Å². The van der Waals surface area contributed by atoms with Crippen LogP contribution in [0.15, 0.2) is 39.9 Å². The van der Waals surface area contributed by atoms with Gasteiger partial charge in [0.2, 0.25) is 0 Å². The summed E-state index contributed by atoms with van der Waals surface area (Å²) < 4.78 is 5.74. The molecule has 110 valence electrons. The summed E-state index contributed by atoms with van der Waals surface area (Å²) in [5.74, 6) is 1.39. The second-order valence-electron chi connectivity index (χ2n) is 4.39. The van der Waals surface area contributed by atoms with Gasteiger partial charge < -0.3 is 9.73 Å². The van der Waals surface area contributed by atoms with E-state index in [-0.39, 0.29) is 0 Å². The van der Waals surface area contributed by atoms with Crippen LogP contribution < -0.4 is 10.7 Å². The van der Waals surface area contributed by atoms with Crippen LogP contribution in [0.1, 0.15) is 18.2 Å². The van der Waals surface area contributed by atoms with Crippen LogP contribution in [-0.2, 0) is 0 Å². The molecule has 1 aromatic heterocycles. The molecule has 0 radical (unpaired) electrons. The van der Waals surface area contributed by atoms with Gasteiger partial charge in [0.25, 0.3) is 0 Å². The summed E-state index contributed by atoms with van der Waals surface area (Å²) in [6.45, 7) is 4.72. The van der Waals surface area contributed by atoms with Gasteiger partial charge in [-0.3, -0.25) is 5.43 Å². The molecule has 0 atom stereocenters. The number of hydrogen-bond donors (Lipinski definition) is 2. The average Bonchev–Trinajstić information content (AvgIpc) is 2.90. The van der Waals surface area contributed by atoms with E-state index >= 15 is 0 Å². The molecular weight excluding hydrogens is 306 g/mol. The molecule has 1 heterocycles. The van der Waals surface area contributed by atoms with Gasteiger partial charge in [-0.25, -0.2) is 0 Å². The van der Waals surface area contributed by atoms with Gasteiger partial charge in [0.05, 0.1) is 6.21 Å². The minimum absolute atomic E-state index is 0.478. The molecule has 4 nitrogen and oxygen atoms in total. The molecule has 0 amide bonds. The number of hydrogen-bond acceptors (Lipinski definition) is 3. The summed E-state index contributed by atoms with van der Waals surface area (Å²) in [7, 11) is 0. The number of thiocarbonyl (C=S) groups is 1. The lowest BCUT2D eigenvalue weighted by atomic mass is 10.1. The van der Waals surface area contributed by atoms with Crippen molar-refractivity contribution in [3.05, 3.63) is 46.7 Å². The van der Waals surface area contributed by atoms with Crippen molar-refractivity contribution in [3.63, 3.8) is 0 Å². The van der Waals surface area contributed by atoms with Gasteiger partial charge in [-0.1, -0.05) is 17.7 Å². The number of benzene rings is 1. The van der Waals surface area contributed by atoms with Crippen molar-refractivity contribution in [1.82, 2.24) is 10.7 Å². The van der Waals surface area contributed by atoms with Crippen LogP contribution in [0.5, 0.6) is 0 Å². The Balaban J connectivity index is 2.09. The largest absolute Gasteiger partial charge is 0.455 e. The molecule has 0 aliphatic carbocycles. The van der Waals surface area contributed by atoms with E-state index in [0.29, 0.717) is 15.9 Å². The van der Waals surface area contributed by atoms with Crippen LogP contribution in [0.4, 0.5) is 0 Å². The fraction of sp³-hybridized carbons (Fsp3) is 0.200. The van der Waals surface area contributed by atoms with Crippen LogP contribution in [0.3, 0.4) is 0 Å². The zero-order chi connectivity index (χ0) is 15.2. The maximum absolute atomic E-state index is 6.02. The highest BCUT2D eigenvalue weighted by Crippen LogP contribution is 2.27. The Hall–Kier alpha value is -1.85. The molecule has 0 spiro atoms. The van der Waals surface area contributed by atoms with E-state index in [4.69, 9.17) is 28.2 Å². The molecule has 6 heteroatoms. The monoisotopic (exact) mass is 321 g/mol. The van der Waals surface area contributed by atoms with Gasteiger partial charge in [-0.15, -0.1) is 0 Å². The van der Waals surface area contributed by atoms with E-state index in [1.807, 2.05) is 44.2 Å². The number of nitrogens with zero attached hydrogens (tertiary/aromatic N) is 1. The number of rotatable bonds is 4. The molecule has 21 heavy (non-hydrogen) atoms. The van der Waals surface area contributed by atoms with Crippen LogP contribution in [0.2, 0.25) is 5.02 Å². The molecule has 0 bridgehead atoms. The van der Waals surface area contributed by atoms with Crippen LogP contribution in [-0.4, -0.2) is 17.9 Å². The predicted molar refractivity (Wildman–Crippen MR) is 90.9 cm³/mol. The van der Waals surface area contributed by atoms with Gasteiger partial charge in [-0.2, -0.15) is 5.10 Å². The summed E-state index contributed by atoms with van der Waals surface area (Å²) in [6, 6.07) is 9.44. The maximum atomic E-state index is 6.02. The first-order valence-electron chi connectivity index (χ1n) is 6.53. The van der Waals surface area contributed by atoms with Crippen molar-refractivity contribution in [1.29, 1.82) is 0 Å². The lowest BCUT2D eigenvalue weighted by Crippen LogP contribution is -2.31. The molecular formula is C15H16ClN3OS. The highest BCUT2D eigenvalue weighted by Gasteiger charge is 2.07. The number of nitrogens with one attached hydrogen (secondary N) is 2. The third-order valence-electron chi connectivity index (χ3n) is 2.79. The number of furan rings is 1. The lowest BCUT2D eigenvalue weighted by molar-refractivity contribution is 0.574. The van der Waals surface area contributed by atoms with E-state index in [9.17, 15) is 0 Å². The smallest absolute Gasteiger partial charge is 0.186 e. The Labute approximate surface area is 134 Å². The third-order valence-corrected chi connectivity index (χ3v) is 3.26. The second kappa shape index (κ2) is 7.24. The average molecular weight is 322 g/mol. The maximum Gasteiger partial charge on any atom is 0.186 e. The molecule has 0 aliphatic rings. The summed E-state index contributed by atoms with van der Waals surface area (Å²) in [5, 5.41) is 8.10. The molecule has 0 aliphatic heterocycles.